The normalized spacial score (nSPS) is 12.1. The highest BCUT2D eigenvalue weighted by atomic mass is 32.1. The smallest absolute Gasteiger partial charge is 0.137 e. The Bertz CT molecular complexity index is 456. The summed E-state index contributed by atoms with van der Waals surface area (Å²) in [5.41, 5.74) is 6.84. The molecule has 1 aromatic heterocycles. The summed E-state index contributed by atoms with van der Waals surface area (Å²) in [5, 5.41) is 4.07. The van der Waals surface area contributed by atoms with Crippen LogP contribution in [0.1, 0.15) is 11.7 Å². The predicted molar refractivity (Wildman–Crippen MR) is 69.7 cm³/mol. The summed E-state index contributed by atoms with van der Waals surface area (Å²) in [4.78, 5) is 0. The third kappa shape index (κ3) is 2.99. The Morgan fingerprint density at radius 2 is 2.12 bits per heavy atom. The Balaban J connectivity index is 2.13. The maximum atomic E-state index is 5.85. The van der Waals surface area contributed by atoms with E-state index in [9.17, 15) is 0 Å². The van der Waals surface area contributed by atoms with Gasteiger partial charge >= 0.3 is 0 Å². The van der Waals surface area contributed by atoms with Crippen molar-refractivity contribution >= 4 is 11.3 Å². The zero-order valence-electron chi connectivity index (χ0n) is 9.63. The minimum atomic E-state index is -0.103. The van der Waals surface area contributed by atoms with E-state index < -0.39 is 0 Å². The fourth-order valence-electron chi connectivity index (χ4n) is 1.55. The summed E-state index contributed by atoms with van der Waals surface area (Å²) in [6, 6.07) is 9.57. The number of nitrogens with two attached hydrogens (primary N) is 1. The molecule has 1 atom stereocenters. The molecule has 2 N–H and O–H groups in total. The SMILES string of the molecule is COc1cccc(OC(CN)c2ccsc2)c1. The fraction of sp³-hybridized carbons (Fsp3) is 0.231. The van der Waals surface area contributed by atoms with E-state index in [0.29, 0.717) is 6.54 Å². The second kappa shape index (κ2) is 5.70. The maximum absolute atomic E-state index is 5.85. The van der Waals surface area contributed by atoms with E-state index in [1.54, 1.807) is 18.4 Å². The van der Waals surface area contributed by atoms with Crippen molar-refractivity contribution in [3.8, 4) is 11.5 Å². The van der Waals surface area contributed by atoms with Crippen LogP contribution in [0.5, 0.6) is 11.5 Å². The summed E-state index contributed by atoms with van der Waals surface area (Å²) in [7, 11) is 1.64. The summed E-state index contributed by atoms with van der Waals surface area (Å²) in [5.74, 6) is 1.55. The van der Waals surface area contributed by atoms with Gasteiger partial charge in [0.15, 0.2) is 0 Å². The third-order valence-electron chi connectivity index (χ3n) is 2.45. The predicted octanol–water partition coefficient (Wildman–Crippen LogP) is 2.84. The van der Waals surface area contributed by atoms with Crippen molar-refractivity contribution in [3.05, 3.63) is 46.7 Å². The van der Waals surface area contributed by atoms with E-state index in [1.165, 1.54) is 0 Å². The molecule has 0 aliphatic carbocycles. The topological polar surface area (TPSA) is 44.5 Å². The monoisotopic (exact) mass is 249 g/mol. The molecule has 0 fully saturated rings. The van der Waals surface area contributed by atoms with E-state index in [1.807, 2.05) is 35.7 Å². The largest absolute Gasteiger partial charge is 0.497 e. The fourth-order valence-corrected chi connectivity index (χ4v) is 2.25. The Labute approximate surface area is 105 Å². The molecule has 17 heavy (non-hydrogen) atoms. The summed E-state index contributed by atoms with van der Waals surface area (Å²) >= 11 is 1.64. The van der Waals surface area contributed by atoms with Crippen molar-refractivity contribution in [1.29, 1.82) is 0 Å². The van der Waals surface area contributed by atoms with Gasteiger partial charge in [-0.2, -0.15) is 11.3 Å². The van der Waals surface area contributed by atoms with Crippen LogP contribution in [0.4, 0.5) is 0 Å². The molecule has 1 unspecified atom stereocenters. The summed E-state index contributed by atoms with van der Waals surface area (Å²) in [6.07, 6.45) is -0.103. The molecule has 3 nitrogen and oxygen atoms in total. The number of hydrogen-bond donors (Lipinski definition) is 1. The maximum Gasteiger partial charge on any atom is 0.137 e. The van der Waals surface area contributed by atoms with Gasteiger partial charge in [0.1, 0.15) is 17.6 Å². The quantitative estimate of drug-likeness (QED) is 0.886. The Morgan fingerprint density at radius 1 is 1.29 bits per heavy atom. The molecule has 1 aromatic carbocycles. The Kier molecular flexibility index (Phi) is 4.01. The van der Waals surface area contributed by atoms with E-state index in [-0.39, 0.29) is 6.10 Å². The first-order chi connectivity index (χ1) is 8.33. The lowest BCUT2D eigenvalue weighted by Gasteiger charge is -2.16. The highest BCUT2D eigenvalue weighted by Gasteiger charge is 2.12. The zero-order valence-corrected chi connectivity index (χ0v) is 10.4. The molecule has 0 saturated carbocycles. The van der Waals surface area contributed by atoms with Crippen molar-refractivity contribution in [1.82, 2.24) is 0 Å². The molecule has 0 bridgehead atoms. The zero-order chi connectivity index (χ0) is 12.1. The molecule has 2 aromatic rings. The average molecular weight is 249 g/mol. The van der Waals surface area contributed by atoms with Crippen molar-refractivity contribution in [2.75, 3.05) is 13.7 Å². The minimum absolute atomic E-state index is 0.103. The van der Waals surface area contributed by atoms with Crippen LogP contribution < -0.4 is 15.2 Å². The van der Waals surface area contributed by atoms with Crippen LogP contribution in [0.25, 0.3) is 0 Å². The van der Waals surface area contributed by atoms with E-state index in [2.05, 4.69) is 5.38 Å². The molecule has 2 rings (SSSR count). The van der Waals surface area contributed by atoms with Crippen molar-refractivity contribution in [3.63, 3.8) is 0 Å². The summed E-state index contributed by atoms with van der Waals surface area (Å²) in [6.45, 7) is 0.452. The van der Waals surface area contributed by atoms with Gasteiger partial charge in [0.2, 0.25) is 0 Å². The van der Waals surface area contributed by atoms with E-state index >= 15 is 0 Å². The first kappa shape index (κ1) is 12.0. The van der Waals surface area contributed by atoms with Crippen LogP contribution >= 0.6 is 11.3 Å². The number of thiophene rings is 1. The average Bonchev–Trinajstić information content (AvgIpc) is 2.90. The lowest BCUT2D eigenvalue weighted by molar-refractivity contribution is 0.214. The minimum Gasteiger partial charge on any atom is -0.497 e. The van der Waals surface area contributed by atoms with Crippen LogP contribution in [0.3, 0.4) is 0 Å². The van der Waals surface area contributed by atoms with Crippen molar-refractivity contribution < 1.29 is 9.47 Å². The second-order valence-corrected chi connectivity index (χ2v) is 4.36. The molecular formula is C13H15NO2S. The molecule has 0 aliphatic rings. The van der Waals surface area contributed by atoms with Gasteiger partial charge in [-0.3, -0.25) is 0 Å². The van der Waals surface area contributed by atoms with Gasteiger partial charge in [-0.05, 0) is 29.0 Å². The first-order valence-corrected chi connectivity index (χ1v) is 6.30. The highest BCUT2D eigenvalue weighted by molar-refractivity contribution is 7.07. The van der Waals surface area contributed by atoms with Gasteiger partial charge in [0.05, 0.1) is 7.11 Å². The molecule has 0 amide bonds. The van der Waals surface area contributed by atoms with Crippen LogP contribution in [0.15, 0.2) is 41.1 Å². The van der Waals surface area contributed by atoms with Gasteiger partial charge in [0, 0.05) is 18.2 Å². The second-order valence-electron chi connectivity index (χ2n) is 3.58. The third-order valence-corrected chi connectivity index (χ3v) is 3.15. The van der Waals surface area contributed by atoms with Crippen LogP contribution in [0.2, 0.25) is 0 Å². The number of benzene rings is 1. The standard InChI is InChI=1S/C13H15NO2S/c1-15-11-3-2-4-12(7-11)16-13(8-14)10-5-6-17-9-10/h2-7,9,13H,8,14H2,1H3. The molecular weight excluding hydrogens is 234 g/mol. The van der Waals surface area contributed by atoms with Crippen molar-refractivity contribution in [2.45, 2.75) is 6.10 Å². The molecule has 4 heteroatoms. The highest BCUT2D eigenvalue weighted by Crippen LogP contribution is 2.25. The van der Waals surface area contributed by atoms with E-state index in [0.717, 1.165) is 17.1 Å². The lowest BCUT2D eigenvalue weighted by atomic mass is 10.2. The number of methoxy groups -OCH3 is 1. The lowest BCUT2D eigenvalue weighted by Crippen LogP contribution is -2.17. The Hall–Kier alpha value is -1.52. The van der Waals surface area contributed by atoms with Gasteiger partial charge in [-0.25, -0.2) is 0 Å². The van der Waals surface area contributed by atoms with Crippen LogP contribution in [-0.2, 0) is 0 Å². The van der Waals surface area contributed by atoms with Crippen LogP contribution in [0, 0.1) is 0 Å². The molecule has 0 spiro atoms. The van der Waals surface area contributed by atoms with Crippen LogP contribution in [-0.4, -0.2) is 13.7 Å². The molecule has 0 radical (unpaired) electrons. The molecule has 0 saturated heterocycles. The molecule has 90 valence electrons. The summed E-state index contributed by atoms with van der Waals surface area (Å²) < 4.78 is 11.0. The van der Waals surface area contributed by atoms with Gasteiger partial charge in [-0.1, -0.05) is 6.07 Å². The van der Waals surface area contributed by atoms with E-state index in [4.69, 9.17) is 15.2 Å². The molecule has 1 heterocycles. The first-order valence-electron chi connectivity index (χ1n) is 5.36. The van der Waals surface area contributed by atoms with Gasteiger partial charge in [-0.15, -0.1) is 0 Å². The number of rotatable bonds is 5. The van der Waals surface area contributed by atoms with Gasteiger partial charge < -0.3 is 15.2 Å². The molecule has 0 aliphatic heterocycles. The van der Waals surface area contributed by atoms with Crippen molar-refractivity contribution in [2.24, 2.45) is 5.73 Å². The Morgan fingerprint density at radius 3 is 2.76 bits per heavy atom. The number of hydrogen-bond acceptors (Lipinski definition) is 4. The van der Waals surface area contributed by atoms with Gasteiger partial charge in [0.25, 0.3) is 0 Å². The number of ether oxygens (including phenoxy) is 2.